The quantitative estimate of drug-likeness (QED) is 0.556. The van der Waals surface area contributed by atoms with Gasteiger partial charge in [0.25, 0.3) is 5.91 Å². The lowest BCUT2D eigenvalue weighted by atomic mass is 9.99. The Kier molecular flexibility index (Phi) is 5.54. The number of fused-ring (bicyclic) bond motifs is 2. The Balaban J connectivity index is 1.31. The zero-order chi connectivity index (χ0) is 23.3. The molecule has 6 nitrogen and oxygen atoms in total. The molecule has 0 spiro atoms. The summed E-state index contributed by atoms with van der Waals surface area (Å²) in [5.41, 5.74) is 4.89. The predicted molar refractivity (Wildman–Crippen MR) is 137 cm³/mol. The number of benzene rings is 1. The van der Waals surface area contributed by atoms with E-state index < -0.39 is 9.84 Å². The summed E-state index contributed by atoms with van der Waals surface area (Å²) >= 11 is 1.71. The minimum absolute atomic E-state index is 0.0749. The van der Waals surface area contributed by atoms with Gasteiger partial charge in [0, 0.05) is 42.5 Å². The molecule has 2 aliphatic heterocycles. The lowest BCUT2D eigenvalue weighted by Gasteiger charge is -2.38. The molecule has 0 bridgehead atoms. The molecule has 0 N–H and O–H groups in total. The van der Waals surface area contributed by atoms with Crippen LogP contribution in [0.1, 0.15) is 39.3 Å². The van der Waals surface area contributed by atoms with Crippen LogP contribution in [0.3, 0.4) is 0 Å². The summed E-state index contributed by atoms with van der Waals surface area (Å²) in [6.07, 6.45) is 4.63. The Morgan fingerprint density at radius 1 is 1.06 bits per heavy atom. The van der Waals surface area contributed by atoms with Gasteiger partial charge in [-0.2, -0.15) is 0 Å². The lowest BCUT2D eigenvalue weighted by molar-refractivity contribution is 0.0588. The smallest absolute Gasteiger partial charge is 0.254 e. The van der Waals surface area contributed by atoms with Gasteiger partial charge in [-0.1, -0.05) is 24.3 Å². The maximum absolute atomic E-state index is 13.9. The van der Waals surface area contributed by atoms with E-state index in [-0.39, 0.29) is 23.5 Å². The van der Waals surface area contributed by atoms with E-state index in [4.69, 9.17) is 4.98 Å². The highest BCUT2D eigenvalue weighted by Crippen LogP contribution is 2.38. The van der Waals surface area contributed by atoms with Gasteiger partial charge in [-0.3, -0.25) is 9.69 Å². The summed E-state index contributed by atoms with van der Waals surface area (Å²) in [5, 5.41) is 3.00. The Bertz CT molecular complexity index is 1390. The summed E-state index contributed by atoms with van der Waals surface area (Å²) in [6, 6.07) is 12.2. The van der Waals surface area contributed by atoms with Gasteiger partial charge in [-0.05, 0) is 54.0 Å². The van der Waals surface area contributed by atoms with Gasteiger partial charge < -0.3 is 4.90 Å². The first-order chi connectivity index (χ1) is 16.5. The highest BCUT2D eigenvalue weighted by Gasteiger charge is 2.35. The van der Waals surface area contributed by atoms with Gasteiger partial charge in [0.1, 0.15) is 0 Å². The second-order valence-corrected chi connectivity index (χ2v) is 12.6. The standard InChI is InChI=1S/C26H27N3O3S2/c30-26(29-12-10-28(11-13-29)19-9-15-34(31,32)17-19)24-21-5-1-2-6-23(21)27-25-18(7-8-22(24)25)16-20-4-3-14-33-20/h1-6,14,16,19H,7-13,15,17H2/b18-16-. The highest BCUT2D eigenvalue weighted by molar-refractivity contribution is 7.91. The van der Waals surface area contributed by atoms with Crippen LogP contribution in [0.5, 0.6) is 0 Å². The zero-order valence-corrected chi connectivity index (χ0v) is 20.6. The lowest BCUT2D eigenvalue weighted by Crippen LogP contribution is -2.52. The molecule has 1 aromatic carbocycles. The molecule has 176 valence electrons. The van der Waals surface area contributed by atoms with Crippen molar-refractivity contribution in [3.63, 3.8) is 0 Å². The number of hydrogen-bond donors (Lipinski definition) is 0. The maximum Gasteiger partial charge on any atom is 0.254 e. The van der Waals surface area contributed by atoms with Gasteiger partial charge in [0.05, 0.1) is 28.3 Å². The topological polar surface area (TPSA) is 70.6 Å². The van der Waals surface area contributed by atoms with Crippen molar-refractivity contribution in [3.8, 4) is 0 Å². The number of pyridine rings is 1. The first kappa shape index (κ1) is 21.9. The van der Waals surface area contributed by atoms with Gasteiger partial charge in [0.2, 0.25) is 0 Å². The SMILES string of the molecule is O=C(c1c2c(nc3ccccc13)/C(=C\c1cccs1)CC2)N1CCN(C2CCS(=O)(=O)C2)CC1. The number of amides is 1. The zero-order valence-electron chi connectivity index (χ0n) is 18.9. The Morgan fingerprint density at radius 2 is 1.88 bits per heavy atom. The average molecular weight is 494 g/mol. The number of nitrogens with zero attached hydrogens (tertiary/aromatic N) is 3. The van der Waals surface area contributed by atoms with Crippen LogP contribution in [0.25, 0.3) is 22.6 Å². The molecular weight excluding hydrogens is 466 g/mol. The third kappa shape index (κ3) is 3.97. The summed E-state index contributed by atoms with van der Waals surface area (Å²) in [7, 11) is -2.91. The molecule has 2 saturated heterocycles. The molecule has 3 aliphatic rings. The molecule has 8 heteroatoms. The van der Waals surface area contributed by atoms with Crippen molar-refractivity contribution in [1.29, 1.82) is 0 Å². The van der Waals surface area contributed by atoms with Crippen LogP contribution < -0.4 is 0 Å². The van der Waals surface area contributed by atoms with E-state index in [0.29, 0.717) is 19.5 Å². The van der Waals surface area contributed by atoms with Crippen LogP contribution in [0.4, 0.5) is 0 Å². The van der Waals surface area contributed by atoms with E-state index in [1.54, 1.807) is 11.3 Å². The number of sulfone groups is 1. The fraction of sp³-hybridized carbons (Fsp3) is 0.385. The number of aromatic nitrogens is 1. The number of thiophene rings is 1. The molecule has 2 fully saturated rings. The van der Waals surface area contributed by atoms with Gasteiger partial charge in [0.15, 0.2) is 9.84 Å². The molecule has 1 atom stereocenters. The fourth-order valence-electron chi connectivity index (χ4n) is 5.58. The van der Waals surface area contributed by atoms with Crippen LogP contribution in [0, 0.1) is 0 Å². The van der Waals surface area contributed by atoms with Gasteiger partial charge >= 0.3 is 0 Å². The van der Waals surface area contributed by atoms with Gasteiger partial charge in [-0.15, -0.1) is 11.3 Å². The summed E-state index contributed by atoms with van der Waals surface area (Å²) in [4.78, 5) is 24.3. The Labute approximate surface area is 203 Å². The molecule has 3 aromatic rings. The number of carbonyl (C=O) groups excluding carboxylic acids is 1. The second-order valence-electron chi connectivity index (χ2n) is 9.40. The van der Waals surface area contributed by atoms with E-state index in [9.17, 15) is 13.2 Å². The van der Waals surface area contributed by atoms with Crippen LogP contribution >= 0.6 is 11.3 Å². The maximum atomic E-state index is 13.9. The van der Waals surface area contributed by atoms with Crippen LogP contribution in [0.2, 0.25) is 0 Å². The number of rotatable bonds is 3. The van der Waals surface area contributed by atoms with Crippen LogP contribution in [-0.4, -0.2) is 72.8 Å². The van der Waals surface area contributed by atoms with Crippen molar-refractivity contribution < 1.29 is 13.2 Å². The molecule has 1 unspecified atom stereocenters. The number of carbonyl (C=O) groups is 1. The minimum Gasteiger partial charge on any atom is -0.336 e. The molecule has 0 radical (unpaired) electrons. The molecule has 1 amide bonds. The number of allylic oxidation sites excluding steroid dienone is 1. The molecule has 4 heterocycles. The van der Waals surface area contributed by atoms with E-state index >= 15 is 0 Å². The first-order valence-electron chi connectivity index (χ1n) is 11.9. The molecule has 0 saturated carbocycles. The first-order valence-corrected chi connectivity index (χ1v) is 14.6. The third-order valence-electron chi connectivity index (χ3n) is 7.34. The summed E-state index contributed by atoms with van der Waals surface area (Å²) in [5.74, 6) is 0.613. The monoisotopic (exact) mass is 493 g/mol. The number of hydrogen-bond acceptors (Lipinski definition) is 6. The van der Waals surface area contributed by atoms with E-state index in [2.05, 4.69) is 28.5 Å². The minimum atomic E-state index is -2.91. The van der Waals surface area contributed by atoms with Crippen molar-refractivity contribution in [2.24, 2.45) is 0 Å². The largest absolute Gasteiger partial charge is 0.336 e. The van der Waals surface area contributed by atoms with Crippen molar-refractivity contribution >= 4 is 49.6 Å². The molecular formula is C26H27N3O3S2. The van der Waals surface area contributed by atoms with Crippen molar-refractivity contribution in [1.82, 2.24) is 14.8 Å². The molecule has 6 rings (SSSR count). The normalized spacial score (nSPS) is 23.6. The van der Waals surface area contributed by atoms with Crippen molar-refractivity contribution in [3.05, 3.63) is 63.5 Å². The molecule has 34 heavy (non-hydrogen) atoms. The highest BCUT2D eigenvalue weighted by atomic mass is 32.2. The summed E-state index contributed by atoms with van der Waals surface area (Å²) in [6.45, 7) is 2.69. The third-order valence-corrected chi connectivity index (χ3v) is 9.91. The Hall–Kier alpha value is -2.55. The van der Waals surface area contributed by atoms with E-state index in [1.807, 2.05) is 29.2 Å². The Morgan fingerprint density at radius 3 is 2.62 bits per heavy atom. The molecule has 2 aromatic heterocycles. The fourth-order valence-corrected chi connectivity index (χ4v) is 8.02. The van der Waals surface area contributed by atoms with Crippen molar-refractivity contribution in [2.75, 3.05) is 37.7 Å². The summed E-state index contributed by atoms with van der Waals surface area (Å²) < 4.78 is 23.8. The number of para-hydroxylation sites is 1. The second kappa shape index (κ2) is 8.59. The van der Waals surface area contributed by atoms with Gasteiger partial charge in [-0.25, -0.2) is 13.4 Å². The van der Waals surface area contributed by atoms with E-state index in [0.717, 1.165) is 53.7 Å². The molecule has 1 aliphatic carbocycles. The van der Waals surface area contributed by atoms with Crippen molar-refractivity contribution in [2.45, 2.75) is 25.3 Å². The van der Waals surface area contributed by atoms with E-state index in [1.165, 1.54) is 10.5 Å². The van der Waals surface area contributed by atoms with Crippen LogP contribution in [0.15, 0.2) is 41.8 Å². The van der Waals surface area contributed by atoms with Crippen LogP contribution in [-0.2, 0) is 16.3 Å². The number of piperazine rings is 1. The average Bonchev–Trinajstić information content (AvgIpc) is 3.58. The predicted octanol–water partition coefficient (Wildman–Crippen LogP) is 3.73.